The van der Waals surface area contributed by atoms with Gasteiger partial charge in [0.1, 0.15) is 11.6 Å². The van der Waals surface area contributed by atoms with Gasteiger partial charge in [-0.05, 0) is 12.1 Å². The normalized spacial score (nSPS) is 11.8. The molecule has 0 spiro atoms. The molecule has 0 radical (unpaired) electrons. The SMILES string of the molecule is CCc1nc(S(N)(=O)=O)cn1Cc1ccc(Cl)cc1F. The van der Waals surface area contributed by atoms with Gasteiger partial charge >= 0.3 is 0 Å². The zero-order valence-electron chi connectivity index (χ0n) is 10.7. The Kier molecular flexibility index (Phi) is 4.12. The molecular formula is C12H13ClFN3O2S. The van der Waals surface area contributed by atoms with Crippen LogP contribution in [0.1, 0.15) is 18.3 Å². The third-order valence-electron chi connectivity index (χ3n) is 2.80. The number of aromatic nitrogens is 2. The minimum absolute atomic E-state index is 0.161. The zero-order valence-corrected chi connectivity index (χ0v) is 12.2. The van der Waals surface area contributed by atoms with E-state index in [2.05, 4.69) is 4.98 Å². The van der Waals surface area contributed by atoms with Crippen LogP contribution in [0.4, 0.5) is 4.39 Å². The largest absolute Gasteiger partial charge is 0.329 e. The Morgan fingerprint density at radius 1 is 1.45 bits per heavy atom. The standard InChI is InChI=1S/C12H13ClFN3O2S/c1-2-11-16-12(20(15,18)19)7-17(11)6-8-3-4-9(13)5-10(8)14/h3-5,7H,2,6H2,1H3,(H2,15,18,19). The van der Waals surface area contributed by atoms with Gasteiger partial charge in [-0.2, -0.15) is 0 Å². The fourth-order valence-electron chi connectivity index (χ4n) is 1.82. The Balaban J connectivity index is 2.40. The highest BCUT2D eigenvalue weighted by atomic mass is 35.5. The van der Waals surface area contributed by atoms with Gasteiger partial charge in [0.2, 0.25) is 0 Å². The van der Waals surface area contributed by atoms with Gasteiger partial charge in [-0.15, -0.1) is 0 Å². The number of rotatable bonds is 4. The first-order chi connectivity index (χ1) is 9.31. The first-order valence-corrected chi connectivity index (χ1v) is 7.76. The lowest BCUT2D eigenvalue weighted by Crippen LogP contribution is -2.12. The van der Waals surface area contributed by atoms with Crippen LogP contribution in [0.25, 0.3) is 0 Å². The van der Waals surface area contributed by atoms with Crippen LogP contribution in [0.15, 0.2) is 29.4 Å². The number of nitrogens with two attached hydrogens (primary N) is 1. The molecule has 5 nitrogen and oxygen atoms in total. The van der Waals surface area contributed by atoms with E-state index < -0.39 is 15.8 Å². The predicted octanol–water partition coefficient (Wildman–Crippen LogP) is 1.93. The summed E-state index contributed by atoms with van der Waals surface area (Å²) in [6.45, 7) is 1.98. The Hall–Kier alpha value is -1.44. The number of hydrogen-bond donors (Lipinski definition) is 1. The summed E-state index contributed by atoms with van der Waals surface area (Å²) in [5, 5.41) is 5.13. The average molecular weight is 318 g/mol. The quantitative estimate of drug-likeness (QED) is 0.936. The molecule has 1 aromatic carbocycles. The van der Waals surface area contributed by atoms with Crippen molar-refractivity contribution in [3.63, 3.8) is 0 Å². The molecule has 0 aliphatic heterocycles. The summed E-state index contributed by atoms with van der Waals surface area (Å²) in [4.78, 5) is 3.94. The lowest BCUT2D eigenvalue weighted by molar-refractivity contribution is 0.593. The third-order valence-corrected chi connectivity index (χ3v) is 3.82. The first-order valence-electron chi connectivity index (χ1n) is 5.84. The molecule has 0 aliphatic carbocycles. The van der Waals surface area contributed by atoms with Gasteiger partial charge in [0, 0.05) is 23.2 Å². The first kappa shape index (κ1) is 15.0. The number of nitrogens with zero attached hydrogens (tertiary/aromatic N) is 2. The predicted molar refractivity (Wildman–Crippen MR) is 73.5 cm³/mol. The number of sulfonamides is 1. The highest BCUT2D eigenvalue weighted by Gasteiger charge is 2.16. The molecule has 2 rings (SSSR count). The molecule has 0 amide bonds. The summed E-state index contributed by atoms with van der Waals surface area (Å²) in [6, 6.07) is 4.33. The molecule has 0 saturated heterocycles. The second-order valence-electron chi connectivity index (χ2n) is 4.26. The molecule has 1 heterocycles. The number of primary sulfonamides is 1. The van der Waals surface area contributed by atoms with Crippen molar-refractivity contribution in [2.75, 3.05) is 0 Å². The van der Waals surface area contributed by atoms with Crippen molar-refractivity contribution in [1.29, 1.82) is 0 Å². The van der Waals surface area contributed by atoms with Gasteiger partial charge in [-0.25, -0.2) is 22.9 Å². The van der Waals surface area contributed by atoms with Crippen LogP contribution in [0.2, 0.25) is 5.02 Å². The molecule has 0 aliphatic rings. The van der Waals surface area contributed by atoms with Crippen LogP contribution < -0.4 is 5.14 Å². The van der Waals surface area contributed by atoms with Gasteiger partial charge in [-0.3, -0.25) is 0 Å². The molecule has 0 saturated carbocycles. The minimum Gasteiger partial charge on any atom is -0.329 e. The van der Waals surface area contributed by atoms with Gasteiger partial charge in [0.15, 0.2) is 5.03 Å². The van der Waals surface area contributed by atoms with Crippen molar-refractivity contribution >= 4 is 21.6 Å². The van der Waals surface area contributed by atoms with Crippen molar-refractivity contribution in [3.05, 3.63) is 46.6 Å². The molecule has 1 aromatic heterocycles. The molecule has 20 heavy (non-hydrogen) atoms. The summed E-state index contributed by atoms with van der Waals surface area (Å²) in [7, 11) is -3.87. The molecule has 2 aromatic rings. The maximum absolute atomic E-state index is 13.8. The van der Waals surface area contributed by atoms with Crippen LogP contribution in [-0.4, -0.2) is 18.0 Å². The molecule has 0 bridgehead atoms. The number of imidazole rings is 1. The van der Waals surface area contributed by atoms with E-state index >= 15 is 0 Å². The third kappa shape index (κ3) is 3.17. The lowest BCUT2D eigenvalue weighted by atomic mass is 10.2. The second kappa shape index (κ2) is 5.51. The van der Waals surface area contributed by atoms with Crippen LogP contribution in [-0.2, 0) is 23.0 Å². The number of halogens is 2. The van der Waals surface area contributed by atoms with Crippen molar-refractivity contribution in [2.45, 2.75) is 24.9 Å². The van der Waals surface area contributed by atoms with Crippen molar-refractivity contribution < 1.29 is 12.8 Å². The van der Waals surface area contributed by atoms with Gasteiger partial charge in [-0.1, -0.05) is 24.6 Å². The monoisotopic (exact) mass is 317 g/mol. The fraction of sp³-hybridized carbons (Fsp3) is 0.250. The smallest absolute Gasteiger partial charge is 0.257 e. The summed E-state index contributed by atoms with van der Waals surface area (Å²) in [5.41, 5.74) is 0.391. The second-order valence-corrected chi connectivity index (χ2v) is 6.20. The number of aryl methyl sites for hydroxylation is 1. The molecule has 108 valence electrons. The highest BCUT2D eigenvalue weighted by Crippen LogP contribution is 2.17. The van der Waals surface area contributed by atoms with Crippen LogP contribution >= 0.6 is 11.6 Å². The summed E-state index contributed by atoms with van der Waals surface area (Å²) in [6.07, 6.45) is 1.81. The van der Waals surface area contributed by atoms with E-state index in [1.807, 2.05) is 6.92 Å². The molecule has 2 N–H and O–H groups in total. The fourth-order valence-corrected chi connectivity index (χ4v) is 2.48. The number of hydrogen-bond acceptors (Lipinski definition) is 3. The molecular weight excluding hydrogens is 305 g/mol. The van der Waals surface area contributed by atoms with Crippen molar-refractivity contribution in [1.82, 2.24) is 9.55 Å². The van der Waals surface area contributed by atoms with E-state index in [4.69, 9.17) is 16.7 Å². The van der Waals surface area contributed by atoms with Crippen molar-refractivity contribution in [3.8, 4) is 0 Å². The van der Waals surface area contributed by atoms with Gasteiger partial charge < -0.3 is 4.57 Å². The molecule has 8 heteroatoms. The highest BCUT2D eigenvalue weighted by molar-refractivity contribution is 7.89. The van der Waals surface area contributed by atoms with E-state index in [0.717, 1.165) is 0 Å². The summed E-state index contributed by atoms with van der Waals surface area (Å²) in [5.74, 6) is 0.0637. The topological polar surface area (TPSA) is 78.0 Å². The van der Waals surface area contributed by atoms with E-state index in [0.29, 0.717) is 22.8 Å². The van der Waals surface area contributed by atoms with E-state index in [1.54, 1.807) is 16.7 Å². The maximum Gasteiger partial charge on any atom is 0.257 e. The van der Waals surface area contributed by atoms with Crippen LogP contribution in [0.5, 0.6) is 0 Å². The summed E-state index contributed by atoms with van der Waals surface area (Å²) >= 11 is 5.69. The van der Waals surface area contributed by atoms with E-state index in [9.17, 15) is 12.8 Å². The lowest BCUT2D eigenvalue weighted by Gasteiger charge is -2.07. The molecule has 0 unspecified atom stereocenters. The number of benzene rings is 1. The Bertz CT molecular complexity index is 743. The Morgan fingerprint density at radius 3 is 2.70 bits per heavy atom. The zero-order chi connectivity index (χ0) is 14.9. The molecule has 0 atom stereocenters. The Labute approximate surface area is 121 Å². The average Bonchev–Trinajstić information content (AvgIpc) is 2.75. The van der Waals surface area contributed by atoms with E-state index in [1.165, 1.54) is 12.3 Å². The van der Waals surface area contributed by atoms with Gasteiger partial charge in [0.05, 0.1) is 6.54 Å². The minimum atomic E-state index is -3.87. The summed E-state index contributed by atoms with van der Waals surface area (Å²) < 4.78 is 37.9. The molecule has 0 fully saturated rings. The Morgan fingerprint density at radius 2 is 2.15 bits per heavy atom. The van der Waals surface area contributed by atoms with Crippen LogP contribution in [0, 0.1) is 5.82 Å². The van der Waals surface area contributed by atoms with Crippen LogP contribution in [0.3, 0.4) is 0 Å². The van der Waals surface area contributed by atoms with Crippen molar-refractivity contribution in [2.24, 2.45) is 5.14 Å². The van der Waals surface area contributed by atoms with Gasteiger partial charge in [0.25, 0.3) is 10.0 Å². The maximum atomic E-state index is 13.8. The van der Waals surface area contributed by atoms with E-state index in [-0.39, 0.29) is 11.6 Å².